The van der Waals surface area contributed by atoms with E-state index in [1.54, 1.807) is 0 Å². The van der Waals surface area contributed by atoms with Crippen molar-refractivity contribution in [1.29, 1.82) is 0 Å². The lowest BCUT2D eigenvalue weighted by Gasteiger charge is -2.38. The Hall–Kier alpha value is -2.31. The molecular weight excluding hydrogens is 340 g/mol. The summed E-state index contributed by atoms with van der Waals surface area (Å²) in [5, 5.41) is 3.47. The maximum Gasteiger partial charge on any atom is 0.184 e. The quantitative estimate of drug-likeness (QED) is 0.839. The van der Waals surface area contributed by atoms with Crippen LogP contribution in [0.3, 0.4) is 0 Å². The Bertz CT molecular complexity index is 732. The molecule has 0 spiro atoms. The second-order valence-corrected chi connectivity index (χ2v) is 7.13. The van der Waals surface area contributed by atoms with Gasteiger partial charge in [-0.15, -0.1) is 0 Å². The van der Waals surface area contributed by atoms with Crippen LogP contribution in [0.15, 0.2) is 42.7 Å². The van der Waals surface area contributed by atoms with Gasteiger partial charge in [-0.25, -0.2) is 0 Å². The largest absolute Gasteiger partial charge is 0.486 e. The lowest BCUT2D eigenvalue weighted by molar-refractivity contribution is 0.171. The molecule has 0 amide bonds. The molecule has 1 N–H and O–H groups in total. The van der Waals surface area contributed by atoms with Gasteiger partial charge in [0.05, 0.1) is 5.69 Å². The van der Waals surface area contributed by atoms with E-state index in [4.69, 9.17) is 9.47 Å². The van der Waals surface area contributed by atoms with Gasteiger partial charge < -0.3 is 19.7 Å². The summed E-state index contributed by atoms with van der Waals surface area (Å²) in [4.78, 5) is 9.07. The van der Waals surface area contributed by atoms with Crippen LogP contribution in [0.5, 0.6) is 11.5 Å². The third kappa shape index (κ3) is 4.34. The van der Waals surface area contributed by atoms with Gasteiger partial charge in [-0.05, 0) is 43.3 Å². The molecule has 0 bridgehead atoms. The van der Waals surface area contributed by atoms with Crippen molar-refractivity contribution in [1.82, 2.24) is 15.2 Å². The van der Waals surface area contributed by atoms with Gasteiger partial charge >= 0.3 is 0 Å². The third-order valence-corrected chi connectivity index (χ3v) is 5.38. The van der Waals surface area contributed by atoms with Crippen LogP contribution in [-0.4, -0.2) is 68.9 Å². The van der Waals surface area contributed by atoms with Crippen molar-refractivity contribution in [2.24, 2.45) is 0 Å². The zero-order valence-corrected chi connectivity index (χ0v) is 15.9. The molecule has 27 heavy (non-hydrogen) atoms. The fourth-order valence-corrected chi connectivity index (χ4v) is 3.85. The zero-order valence-electron chi connectivity index (χ0n) is 15.9. The Kier molecular flexibility index (Phi) is 5.75. The molecular formula is C21H28N4O2. The number of fused-ring (bicyclic) bond motifs is 1. The van der Waals surface area contributed by atoms with E-state index in [-0.39, 0.29) is 0 Å². The Labute approximate surface area is 161 Å². The molecule has 1 fully saturated rings. The van der Waals surface area contributed by atoms with Crippen LogP contribution < -0.4 is 19.7 Å². The molecule has 0 saturated carbocycles. The molecule has 2 aliphatic heterocycles. The van der Waals surface area contributed by atoms with Crippen LogP contribution >= 0.6 is 0 Å². The molecule has 4 rings (SSSR count). The molecule has 6 nitrogen and oxygen atoms in total. The molecule has 1 unspecified atom stereocenters. The van der Waals surface area contributed by atoms with Crippen molar-refractivity contribution in [2.75, 3.05) is 57.9 Å². The van der Waals surface area contributed by atoms with E-state index in [2.05, 4.69) is 51.4 Å². The van der Waals surface area contributed by atoms with Gasteiger partial charge in [0.25, 0.3) is 0 Å². The predicted octanol–water partition coefficient (Wildman–Crippen LogP) is 1.81. The molecule has 2 aromatic rings. The Morgan fingerprint density at radius 3 is 2.59 bits per heavy atom. The van der Waals surface area contributed by atoms with Crippen molar-refractivity contribution in [2.45, 2.75) is 12.5 Å². The molecule has 1 atom stereocenters. The topological polar surface area (TPSA) is 49.9 Å². The fourth-order valence-electron chi connectivity index (χ4n) is 3.85. The number of rotatable bonds is 6. The lowest BCUT2D eigenvalue weighted by Crippen LogP contribution is -2.51. The highest BCUT2D eigenvalue weighted by Crippen LogP contribution is 2.39. The standard InChI is InChI=1S/C21H28N4O2/c1-22-18(15-17-5-7-23-8-6-17)16-24-9-11-25(12-10-24)19-3-2-4-20-21(19)27-14-13-26-20/h2-8,18,22H,9-16H2,1H3. The van der Waals surface area contributed by atoms with Gasteiger partial charge in [-0.2, -0.15) is 0 Å². The maximum absolute atomic E-state index is 5.89. The molecule has 144 valence electrons. The lowest BCUT2D eigenvalue weighted by atomic mass is 10.1. The molecule has 1 saturated heterocycles. The minimum atomic E-state index is 0.445. The van der Waals surface area contributed by atoms with Crippen molar-refractivity contribution >= 4 is 5.69 Å². The summed E-state index contributed by atoms with van der Waals surface area (Å²) in [6, 6.07) is 10.8. The summed E-state index contributed by atoms with van der Waals surface area (Å²) in [5.41, 5.74) is 2.49. The number of ether oxygens (including phenoxy) is 2. The first kappa shape index (κ1) is 18.1. The normalized spacial score (nSPS) is 18.3. The van der Waals surface area contributed by atoms with E-state index in [9.17, 15) is 0 Å². The number of pyridine rings is 1. The number of likely N-dealkylation sites (N-methyl/N-ethyl adjacent to an activating group) is 1. The van der Waals surface area contributed by atoms with Gasteiger partial charge in [0.1, 0.15) is 13.2 Å². The summed E-state index contributed by atoms with van der Waals surface area (Å²) >= 11 is 0. The number of anilines is 1. The van der Waals surface area contributed by atoms with Crippen LogP contribution in [-0.2, 0) is 6.42 Å². The Morgan fingerprint density at radius 2 is 1.81 bits per heavy atom. The number of hydrogen-bond donors (Lipinski definition) is 1. The summed E-state index contributed by atoms with van der Waals surface area (Å²) in [6.45, 7) is 6.43. The van der Waals surface area contributed by atoms with Gasteiger partial charge in [-0.1, -0.05) is 6.07 Å². The molecule has 2 aliphatic rings. The average Bonchev–Trinajstić information content (AvgIpc) is 2.74. The highest BCUT2D eigenvalue weighted by molar-refractivity contribution is 5.65. The summed E-state index contributed by atoms with van der Waals surface area (Å²) in [7, 11) is 2.05. The van der Waals surface area contributed by atoms with Crippen LogP contribution in [0.2, 0.25) is 0 Å². The predicted molar refractivity (Wildman–Crippen MR) is 107 cm³/mol. The van der Waals surface area contributed by atoms with Crippen LogP contribution in [0.1, 0.15) is 5.56 Å². The monoisotopic (exact) mass is 368 g/mol. The zero-order chi connectivity index (χ0) is 18.5. The maximum atomic E-state index is 5.89. The number of para-hydroxylation sites is 1. The van der Waals surface area contributed by atoms with E-state index in [0.717, 1.165) is 56.3 Å². The number of benzene rings is 1. The highest BCUT2D eigenvalue weighted by atomic mass is 16.6. The van der Waals surface area contributed by atoms with E-state index in [1.165, 1.54) is 5.56 Å². The molecule has 1 aromatic carbocycles. The minimum absolute atomic E-state index is 0.445. The Balaban J connectivity index is 1.34. The second-order valence-electron chi connectivity index (χ2n) is 7.13. The van der Waals surface area contributed by atoms with Crippen LogP contribution in [0, 0.1) is 0 Å². The second kappa shape index (κ2) is 8.59. The van der Waals surface area contributed by atoms with Gasteiger partial charge in [-0.3, -0.25) is 9.88 Å². The SMILES string of the molecule is CNC(Cc1ccncc1)CN1CCN(c2cccc3c2OCCO3)CC1. The highest BCUT2D eigenvalue weighted by Gasteiger charge is 2.24. The first-order chi connectivity index (χ1) is 13.3. The first-order valence-electron chi connectivity index (χ1n) is 9.75. The number of aromatic nitrogens is 1. The smallest absolute Gasteiger partial charge is 0.184 e. The van der Waals surface area contributed by atoms with Crippen molar-refractivity contribution < 1.29 is 9.47 Å². The van der Waals surface area contributed by atoms with Crippen molar-refractivity contribution in [3.8, 4) is 11.5 Å². The molecule has 1 aromatic heterocycles. The molecule has 0 radical (unpaired) electrons. The minimum Gasteiger partial charge on any atom is -0.486 e. The van der Waals surface area contributed by atoms with E-state index < -0.39 is 0 Å². The number of hydrogen-bond acceptors (Lipinski definition) is 6. The first-order valence-corrected chi connectivity index (χ1v) is 9.75. The molecule has 0 aliphatic carbocycles. The van der Waals surface area contributed by atoms with Crippen molar-refractivity contribution in [3.63, 3.8) is 0 Å². The number of nitrogens with one attached hydrogen (secondary N) is 1. The van der Waals surface area contributed by atoms with Crippen LogP contribution in [0.4, 0.5) is 5.69 Å². The van der Waals surface area contributed by atoms with E-state index >= 15 is 0 Å². The van der Waals surface area contributed by atoms with E-state index in [0.29, 0.717) is 19.3 Å². The molecule has 3 heterocycles. The summed E-state index contributed by atoms with van der Waals surface area (Å²) < 4.78 is 11.6. The fraction of sp³-hybridized carbons (Fsp3) is 0.476. The average molecular weight is 368 g/mol. The van der Waals surface area contributed by atoms with Crippen LogP contribution in [0.25, 0.3) is 0 Å². The third-order valence-electron chi connectivity index (χ3n) is 5.38. The summed E-state index contributed by atoms with van der Waals surface area (Å²) in [6.07, 6.45) is 4.76. The molecule has 6 heteroatoms. The van der Waals surface area contributed by atoms with Crippen molar-refractivity contribution in [3.05, 3.63) is 48.3 Å². The number of piperazine rings is 1. The van der Waals surface area contributed by atoms with E-state index in [1.807, 2.05) is 18.5 Å². The van der Waals surface area contributed by atoms with Gasteiger partial charge in [0, 0.05) is 51.2 Å². The van der Waals surface area contributed by atoms with Gasteiger partial charge in [0.15, 0.2) is 11.5 Å². The summed E-state index contributed by atoms with van der Waals surface area (Å²) in [5.74, 6) is 1.77. The number of nitrogens with zero attached hydrogens (tertiary/aromatic N) is 3. The van der Waals surface area contributed by atoms with Gasteiger partial charge in [0.2, 0.25) is 0 Å². The Morgan fingerprint density at radius 1 is 1.04 bits per heavy atom.